The van der Waals surface area contributed by atoms with E-state index >= 15 is 0 Å². The summed E-state index contributed by atoms with van der Waals surface area (Å²) < 4.78 is 4.85. The van der Waals surface area contributed by atoms with E-state index in [0.29, 0.717) is 28.9 Å². The number of nitrogens with zero attached hydrogens (tertiary/aromatic N) is 1. The van der Waals surface area contributed by atoms with E-state index < -0.39 is 5.91 Å². The highest BCUT2D eigenvalue weighted by molar-refractivity contribution is 6.35. The number of ether oxygens (including phenoxy) is 1. The molecule has 2 amide bonds. The Morgan fingerprint density at radius 2 is 1.71 bits per heavy atom. The first kappa shape index (κ1) is 18.2. The van der Waals surface area contributed by atoms with Crippen LogP contribution in [-0.2, 0) is 4.74 Å². The SMILES string of the molecule is COCCNC(=O)c1cccc(C(=O)Nc2cc(Cl)cc(Cl)c2)n1. The summed E-state index contributed by atoms with van der Waals surface area (Å²) >= 11 is 11.8. The normalized spacial score (nSPS) is 10.3. The van der Waals surface area contributed by atoms with E-state index in [2.05, 4.69) is 15.6 Å². The van der Waals surface area contributed by atoms with Crippen LogP contribution >= 0.6 is 23.2 Å². The van der Waals surface area contributed by atoms with Crippen LogP contribution in [0, 0.1) is 0 Å². The van der Waals surface area contributed by atoms with Crippen LogP contribution in [0.2, 0.25) is 10.0 Å². The smallest absolute Gasteiger partial charge is 0.274 e. The Bertz CT molecular complexity index is 733. The highest BCUT2D eigenvalue weighted by atomic mass is 35.5. The van der Waals surface area contributed by atoms with E-state index in [1.54, 1.807) is 24.3 Å². The molecule has 1 aromatic heterocycles. The fraction of sp³-hybridized carbons (Fsp3) is 0.188. The molecule has 0 fully saturated rings. The standard InChI is InChI=1S/C16H15Cl2N3O3/c1-24-6-5-19-15(22)13-3-2-4-14(21-13)16(23)20-12-8-10(17)7-11(18)9-12/h2-4,7-9H,5-6H2,1H3,(H,19,22)(H,20,23). The fourth-order valence-electron chi connectivity index (χ4n) is 1.87. The van der Waals surface area contributed by atoms with Gasteiger partial charge in [0.15, 0.2) is 0 Å². The number of carbonyl (C=O) groups excluding carboxylic acids is 2. The molecule has 0 bridgehead atoms. The molecule has 1 heterocycles. The van der Waals surface area contributed by atoms with Crippen molar-refractivity contribution < 1.29 is 14.3 Å². The van der Waals surface area contributed by atoms with Crippen LogP contribution in [0.3, 0.4) is 0 Å². The van der Waals surface area contributed by atoms with Crippen LogP contribution in [0.5, 0.6) is 0 Å². The van der Waals surface area contributed by atoms with Gasteiger partial charge in [0.05, 0.1) is 6.61 Å². The van der Waals surface area contributed by atoms with E-state index in [0.717, 1.165) is 0 Å². The van der Waals surface area contributed by atoms with E-state index in [4.69, 9.17) is 27.9 Å². The van der Waals surface area contributed by atoms with Gasteiger partial charge in [-0.05, 0) is 30.3 Å². The molecule has 0 saturated heterocycles. The maximum absolute atomic E-state index is 12.3. The number of amides is 2. The molecular formula is C16H15Cl2N3O3. The monoisotopic (exact) mass is 367 g/mol. The molecular weight excluding hydrogens is 353 g/mol. The average Bonchev–Trinajstić information content (AvgIpc) is 2.54. The molecule has 0 aliphatic rings. The lowest BCUT2D eigenvalue weighted by Gasteiger charge is -2.08. The summed E-state index contributed by atoms with van der Waals surface area (Å²) in [5.41, 5.74) is 0.683. The van der Waals surface area contributed by atoms with Gasteiger partial charge in [0.1, 0.15) is 11.4 Å². The minimum atomic E-state index is -0.472. The molecule has 8 heteroatoms. The Morgan fingerprint density at radius 1 is 1.08 bits per heavy atom. The molecule has 2 rings (SSSR count). The number of benzene rings is 1. The largest absolute Gasteiger partial charge is 0.383 e. The van der Waals surface area contributed by atoms with Crippen LogP contribution in [0.1, 0.15) is 21.0 Å². The van der Waals surface area contributed by atoms with Gasteiger partial charge in [0, 0.05) is 29.4 Å². The lowest BCUT2D eigenvalue weighted by Crippen LogP contribution is -2.28. The molecule has 6 nitrogen and oxygen atoms in total. The number of aromatic nitrogens is 1. The summed E-state index contributed by atoms with van der Waals surface area (Å²) in [5, 5.41) is 6.07. The number of rotatable bonds is 6. The summed E-state index contributed by atoms with van der Waals surface area (Å²) in [6, 6.07) is 9.29. The van der Waals surface area contributed by atoms with Gasteiger partial charge < -0.3 is 15.4 Å². The lowest BCUT2D eigenvalue weighted by molar-refractivity contribution is 0.0932. The van der Waals surface area contributed by atoms with Crippen molar-refractivity contribution in [3.05, 3.63) is 57.8 Å². The Labute approximate surface area is 149 Å². The van der Waals surface area contributed by atoms with Gasteiger partial charge in [-0.2, -0.15) is 0 Å². The zero-order valence-corrected chi connectivity index (χ0v) is 14.3. The molecule has 0 saturated carbocycles. The number of carbonyl (C=O) groups is 2. The third-order valence-corrected chi connectivity index (χ3v) is 3.36. The number of anilines is 1. The molecule has 0 spiro atoms. The minimum Gasteiger partial charge on any atom is -0.383 e. The van der Waals surface area contributed by atoms with E-state index in [-0.39, 0.29) is 17.3 Å². The van der Waals surface area contributed by atoms with Crippen molar-refractivity contribution in [2.24, 2.45) is 0 Å². The number of hydrogen-bond acceptors (Lipinski definition) is 4. The molecule has 0 radical (unpaired) electrons. The second kappa shape index (κ2) is 8.63. The van der Waals surface area contributed by atoms with Gasteiger partial charge in [0.25, 0.3) is 11.8 Å². The molecule has 0 aliphatic heterocycles. The second-order valence-corrected chi connectivity index (χ2v) is 5.64. The Kier molecular flexibility index (Phi) is 6.54. The maximum Gasteiger partial charge on any atom is 0.274 e. The van der Waals surface area contributed by atoms with E-state index in [9.17, 15) is 9.59 Å². The summed E-state index contributed by atoms with van der Waals surface area (Å²) in [6.07, 6.45) is 0. The van der Waals surface area contributed by atoms with Crippen molar-refractivity contribution in [3.63, 3.8) is 0 Å². The molecule has 1 aromatic carbocycles. The first-order chi connectivity index (χ1) is 11.5. The van der Waals surface area contributed by atoms with Crippen LogP contribution in [0.4, 0.5) is 5.69 Å². The molecule has 2 aromatic rings. The maximum atomic E-state index is 12.3. The summed E-state index contributed by atoms with van der Waals surface area (Å²) in [5.74, 6) is -0.854. The highest BCUT2D eigenvalue weighted by Gasteiger charge is 2.13. The highest BCUT2D eigenvalue weighted by Crippen LogP contribution is 2.22. The molecule has 2 N–H and O–H groups in total. The van der Waals surface area contributed by atoms with Crippen molar-refractivity contribution in [3.8, 4) is 0 Å². The van der Waals surface area contributed by atoms with Crippen LogP contribution < -0.4 is 10.6 Å². The third-order valence-electron chi connectivity index (χ3n) is 2.93. The predicted molar refractivity (Wildman–Crippen MR) is 92.9 cm³/mol. The molecule has 0 atom stereocenters. The Morgan fingerprint density at radius 3 is 2.33 bits per heavy atom. The van der Waals surface area contributed by atoms with Gasteiger partial charge in [-0.15, -0.1) is 0 Å². The van der Waals surface area contributed by atoms with Gasteiger partial charge in [-0.1, -0.05) is 29.3 Å². The lowest BCUT2D eigenvalue weighted by atomic mass is 10.2. The van der Waals surface area contributed by atoms with Crippen molar-refractivity contribution in [1.82, 2.24) is 10.3 Å². The summed E-state index contributed by atoms with van der Waals surface area (Å²) in [4.78, 5) is 28.3. The first-order valence-electron chi connectivity index (χ1n) is 7.01. The van der Waals surface area contributed by atoms with Crippen molar-refractivity contribution in [1.29, 1.82) is 0 Å². The van der Waals surface area contributed by atoms with E-state index in [1.807, 2.05) is 0 Å². The van der Waals surface area contributed by atoms with Crippen LogP contribution in [0.25, 0.3) is 0 Å². The predicted octanol–water partition coefficient (Wildman–Crippen LogP) is 3.02. The van der Waals surface area contributed by atoms with Gasteiger partial charge >= 0.3 is 0 Å². The van der Waals surface area contributed by atoms with Gasteiger partial charge in [-0.3, -0.25) is 9.59 Å². The van der Waals surface area contributed by atoms with Gasteiger partial charge in [0.2, 0.25) is 0 Å². The van der Waals surface area contributed by atoms with Gasteiger partial charge in [-0.25, -0.2) is 4.98 Å². The molecule has 0 unspecified atom stereocenters. The van der Waals surface area contributed by atoms with Crippen molar-refractivity contribution in [2.45, 2.75) is 0 Å². The molecule has 24 heavy (non-hydrogen) atoms. The van der Waals surface area contributed by atoms with Crippen LogP contribution in [-0.4, -0.2) is 37.1 Å². The number of halogens is 2. The number of hydrogen-bond donors (Lipinski definition) is 2. The van der Waals surface area contributed by atoms with Crippen LogP contribution in [0.15, 0.2) is 36.4 Å². The zero-order chi connectivity index (χ0) is 17.5. The third kappa shape index (κ3) is 5.19. The summed E-state index contributed by atoms with van der Waals surface area (Å²) in [7, 11) is 1.54. The zero-order valence-electron chi connectivity index (χ0n) is 12.8. The second-order valence-electron chi connectivity index (χ2n) is 4.77. The fourth-order valence-corrected chi connectivity index (χ4v) is 2.39. The average molecular weight is 368 g/mol. The number of nitrogens with one attached hydrogen (secondary N) is 2. The number of methoxy groups -OCH3 is 1. The number of pyridine rings is 1. The first-order valence-corrected chi connectivity index (χ1v) is 7.77. The Hall–Kier alpha value is -2.15. The molecule has 126 valence electrons. The van der Waals surface area contributed by atoms with Crippen molar-refractivity contribution >= 4 is 40.7 Å². The Balaban J connectivity index is 2.09. The summed E-state index contributed by atoms with van der Waals surface area (Å²) in [6.45, 7) is 0.746. The topological polar surface area (TPSA) is 80.3 Å². The molecule has 0 aliphatic carbocycles. The van der Waals surface area contributed by atoms with Crippen molar-refractivity contribution in [2.75, 3.05) is 25.6 Å². The van der Waals surface area contributed by atoms with E-state index in [1.165, 1.54) is 19.2 Å². The minimum absolute atomic E-state index is 0.102. The quantitative estimate of drug-likeness (QED) is 0.769.